The van der Waals surface area contributed by atoms with Crippen LogP contribution in [0.3, 0.4) is 0 Å². The zero-order chi connectivity index (χ0) is 15.4. The Morgan fingerprint density at radius 2 is 2.00 bits per heavy atom. The first-order valence-corrected chi connectivity index (χ1v) is 6.01. The van der Waals surface area contributed by atoms with Crippen LogP contribution in [0.4, 0.5) is 15.8 Å². The first-order chi connectivity index (χ1) is 9.99. The van der Waals surface area contributed by atoms with Crippen LogP contribution in [-0.4, -0.2) is 5.97 Å². The quantitative estimate of drug-likeness (QED) is 0.665. The van der Waals surface area contributed by atoms with Crippen LogP contribution in [0.25, 0.3) is 0 Å². The fraction of sp³-hybridized carbons (Fsp3) is 0.0667. The lowest BCUT2D eigenvalue weighted by atomic mass is 10.1. The number of hydrogen-bond acceptors (Lipinski definition) is 5. The van der Waals surface area contributed by atoms with Gasteiger partial charge in [-0.2, -0.15) is 5.26 Å². The molecule has 0 radical (unpaired) electrons. The molecule has 21 heavy (non-hydrogen) atoms. The molecule has 6 heteroatoms. The summed E-state index contributed by atoms with van der Waals surface area (Å²) in [6.07, 6.45) is 0. The van der Waals surface area contributed by atoms with Gasteiger partial charge in [0.15, 0.2) is 0 Å². The maximum absolute atomic E-state index is 13.2. The Hall–Kier alpha value is -3.07. The second-order valence-corrected chi connectivity index (χ2v) is 4.38. The Morgan fingerprint density at radius 1 is 1.24 bits per heavy atom. The number of halogens is 1. The van der Waals surface area contributed by atoms with Crippen molar-refractivity contribution in [3.63, 3.8) is 0 Å². The van der Waals surface area contributed by atoms with E-state index < -0.39 is 11.8 Å². The average Bonchev–Trinajstić information content (AvgIpc) is 2.44. The molecule has 0 aromatic heterocycles. The molecule has 0 heterocycles. The van der Waals surface area contributed by atoms with Gasteiger partial charge in [-0.25, -0.2) is 9.18 Å². The van der Waals surface area contributed by atoms with Gasteiger partial charge in [-0.3, -0.25) is 0 Å². The topological polar surface area (TPSA) is 102 Å². The lowest BCUT2D eigenvalue weighted by Crippen LogP contribution is -2.09. The number of nitrogens with zero attached hydrogens (tertiary/aromatic N) is 1. The highest BCUT2D eigenvalue weighted by atomic mass is 19.1. The zero-order valence-electron chi connectivity index (χ0n) is 11.0. The normalized spacial score (nSPS) is 9.90. The summed E-state index contributed by atoms with van der Waals surface area (Å²) in [5.74, 6) is -1.21. The number of carbonyl (C=O) groups is 1. The van der Waals surface area contributed by atoms with Gasteiger partial charge < -0.3 is 16.2 Å². The molecule has 0 aliphatic rings. The molecule has 0 saturated heterocycles. The lowest BCUT2D eigenvalue weighted by Gasteiger charge is -2.08. The molecular formula is C15H12FN3O2. The minimum absolute atomic E-state index is 0.158. The number of hydrogen-bond donors (Lipinski definition) is 2. The first kappa shape index (κ1) is 14.3. The van der Waals surface area contributed by atoms with E-state index in [4.69, 9.17) is 21.5 Å². The van der Waals surface area contributed by atoms with E-state index in [1.54, 1.807) is 0 Å². The molecule has 2 rings (SSSR count). The van der Waals surface area contributed by atoms with Crippen molar-refractivity contribution in [1.82, 2.24) is 0 Å². The van der Waals surface area contributed by atoms with Crippen molar-refractivity contribution in [1.29, 1.82) is 5.26 Å². The van der Waals surface area contributed by atoms with Crippen LogP contribution in [0.15, 0.2) is 36.4 Å². The largest absolute Gasteiger partial charge is 0.457 e. The molecule has 0 saturated carbocycles. The number of nitrogens with two attached hydrogens (primary N) is 2. The van der Waals surface area contributed by atoms with Gasteiger partial charge >= 0.3 is 5.97 Å². The van der Waals surface area contributed by atoms with Gasteiger partial charge in [0.25, 0.3) is 0 Å². The van der Waals surface area contributed by atoms with Crippen molar-refractivity contribution < 1.29 is 13.9 Å². The summed E-state index contributed by atoms with van der Waals surface area (Å²) in [7, 11) is 0. The highest BCUT2D eigenvalue weighted by molar-refractivity contribution is 5.95. The standard InChI is InChI=1S/C15H12FN3O2/c16-11-4-9(7-17)3-10(5-11)8-21-15(20)13-2-1-12(18)6-14(13)19/h1-6H,8,18-19H2. The maximum Gasteiger partial charge on any atom is 0.340 e. The van der Waals surface area contributed by atoms with Crippen LogP contribution >= 0.6 is 0 Å². The van der Waals surface area contributed by atoms with Crippen LogP contribution in [0, 0.1) is 17.1 Å². The van der Waals surface area contributed by atoms with Gasteiger partial charge in [-0.15, -0.1) is 0 Å². The lowest BCUT2D eigenvalue weighted by molar-refractivity contribution is 0.0473. The molecule has 106 valence electrons. The monoisotopic (exact) mass is 285 g/mol. The molecule has 0 bridgehead atoms. The van der Waals surface area contributed by atoms with Gasteiger partial charge in [-0.1, -0.05) is 0 Å². The van der Waals surface area contributed by atoms with E-state index >= 15 is 0 Å². The number of esters is 1. The summed E-state index contributed by atoms with van der Waals surface area (Å²) < 4.78 is 18.3. The van der Waals surface area contributed by atoms with Crippen LogP contribution in [-0.2, 0) is 11.3 Å². The van der Waals surface area contributed by atoms with Crippen molar-refractivity contribution in [2.45, 2.75) is 6.61 Å². The Morgan fingerprint density at radius 3 is 2.67 bits per heavy atom. The van der Waals surface area contributed by atoms with Crippen molar-refractivity contribution in [2.24, 2.45) is 0 Å². The van der Waals surface area contributed by atoms with Crippen LogP contribution in [0.1, 0.15) is 21.5 Å². The highest BCUT2D eigenvalue weighted by Crippen LogP contribution is 2.18. The summed E-state index contributed by atoms with van der Waals surface area (Å²) in [5, 5.41) is 8.75. The Labute approximate surface area is 120 Å². The first-order valence-electron chi connectivity index (χ1n) is 6.01. The molecule has 0 amide bonds. The highest BCUT2D eigenvalue weighted by Gasteiger charge is 2.12. The number of anilines is 2. The van der Waals surface area contributed by atoms with E-state index in [0.717, 1.165) is 6.07 Å². The van der Waals surface area contributed by atoms with Crippen molar-refractivity contribution in [3.8, 4) is 6.07 Å². The second-order valence-electron chi connectivity index (χ2n) is 4.38. The summed E-state index contributed by atoms with van der Waals surface area (Å²) in [5.41, 5.74) is 12.6. The predicted octanol–water partition coefficient (Wildman–Crippen LogP) is 2.22. The molecule has 0 unspecified atom stereocenters. The van der Waals surface area contributed by atoms with Crippen LogP contribution < -0.4 is 11.5 Å². The molecule has 5 nitrogen and oxygen atoms in total. The number of ether oxygens (including phenoxy) is 1. The Kier molecular flexibility index (Phi) is 4.05. The van der Waals surface area contributed by atoms with E-state index in [9.17, 15) is 9.18 Å². The van der Waals surface area contributed by atoms with Crippen molar-refractivity contribution >= 4 is 17.3 Å². The van der Waals surface area contributed by atoms with E-state index in [0.29, 0.717) is 11.3 Å². The Bertz CT molecular complexity index is 738. The van der Waals surface area contributed by atoms with Gasteiger partial charge in [-0.05, 0) is 42.0 Å². The fourth-order valence-corrected chi connectivity index (χ4v) is 1.79. The van der Waals surface area contributed by atoms with Crippen LogP contribution in [0.5, 0.6) is 0 Å². The molecule has 0 aliphatic heterocycles. The summed E-state index contributed by atoms with van der Waals surface area (Å²) in [6, 6.07) is 10.0. The van der Waals surface area contributed by atoms with E-state index in [-0.39, 0.29) is 23.4 Å². The molecule has 0 aliphatic carbocycles. The smallest absolute Gasteiger partial charge is 0.340 e. The SMILES string of the molecule is N#Cc1cc(F)cc(COC(=O)c2ccc(N)cc2N)c1. The molecule has 0 atom stereocenters. The van der Waals surface area contributed by atoms with Crippen LogP contribution in [0.2, 0.25) is 0 Å². The van der Waals surface area contributed by atoms with Gasteiger partial charge in [0.2, 0.25) is 0 Å². The van der Waals surface area contributed by atoms with E-state index in [1.165, 1.54) is 30.3 Å². The second kappa shape index (κ2) is 5.92. The summed E-state index contributed by atoms with van der Waals surface area (Å²) in [4.78, 5) is 11.9. The molecule has 2 aromatic rings. The average molecular weight is 285 g/mol. The Balaban J connectivity index is 2.11. The molecular weight excluding hydrogens is 273 g/mol. The number of nitriles is 1. The molecule has 4 N–H and O–H groups in total. The fourth-order valence-electron chi connectivity index (χ4n) is 1.79. The van der Waals surface area contributed by atoms with Gasteiger partial charge in [0, 0.05) is 11.4 Å². The zero-order valence-corrected chi connectivity index (χ0v) is 11.0. The number of rotatable bonds is 3. The molecule has 0 spiro atoms. The molecule has 2 aromatic carbocycles. The number of benzene rings is 2. The molecule has 0 fully saturated rings. The van der Waals surface area contributed by atoms with Gasteiger partial charge in [0.05, 0.1) is 17.2 Å². The number of nitrogen functional groups attached to an aromatic ring is 2. The summed E-state index contributed by atoms with van der Waals surface area (Å²) >= 11 is 0. The van der Waals surface area contributed by atoms with E-state index in [1.807, 2.05) is 6.07 Å². The third-order valence-electron chi connectivity index (χ3n) is 2.75. The number of carbonyl (C=O) groups excluding carboxylic acids is 1. The minimum atomic E-state index is -0.643. The van der Waals surface area contributed by atoms with E-state index in [2.05, 4.69) is 0 Å². The van der Waals surface area contributed by atoms with Crippen molar-refractivity contribution in [3.05, 3.63) is 58.9 Å². The third-order valence-corrected chi connectivity index (χ3v) is 2.75. The third kappa shape index (κ3) is 3.48. The predicted molar refractivity (Wildman–Crippen MR) is 75.5 cm³/mol. The summed E-state index contributed by atoms with van der Waals surface area (Å²) in [6.45, 7) is -0.158. The van der Waals surface area contributed by atoms with Gasteiger partial charge in [0.1, 0.15) is 12.4 Å². The van der Waals surface area contributed by atoms with Crippen molar-refractivity contribution in [2.75, 3.05) is 11.5 Å². The maximum atomic E-state index is 13.2. The minimum Gasteiger partial charge on any atom is -0.457 e.